The molecule has 0 aliphatic heterocycles. The number of carbonyl (C=O) groups is 3. The van der Waals surface area contributed by atoms with Crippen molar-refractivity contribution in [1.29, 1.82) is 0 Å². The largest absolute Gasteiger partial charge is 0.481 e. The molecule has 6 nitrogen and oxygen atoms in total. The zero-order chi connectivity index (χ0) is 32.0. The predicted octanol–water partition coefficient (Wildman–Crippen LogP) is 8.53. The van der Waals surface area contributed by atoms with Crippen LogP contribution in [0.15, 0.2) is 12.2 Å². The van der Waals surface area contributed by atoms with Crippen LogP contribution in [0, 0.1) is 62.1 Å². The molecular formula is C37H58O6. The average Bonchev–Trinajstić information content (AvgIpc) is 3.32. The maximum Gasteiger partial charge on any atom is 0.309 e. The molecule has 0 aromatic carbocycles. The molecule has 2 N–H and O–H groups in total. The molecule has 5 aliphatic rings. The summed E-state index contributed by atoms with van der Waals surface area (Å²) in [5.41, 5.74) is -0.440. The van der Waals surface area contributed by atoms with Gasteiger partial charge in [-0.3, -0.25) is 14.4 Å². The van der Waals surface area contributed by atoms with E-state index in [2.05, 4.69) is 48.1 Å². The van der Waals surface area contributed by atoms with E-state index in [0.717, 1.165) is 69.8 Å². The van der Waals surface area contributed by atoms with Crippen LogP contribution in [0.2, 0.25) is 0 Å². The smallest absolute Gasteiger partial charge is 0.309 e. The summed E-state index contributed by atoms with van der Waals surface area (Å²) < 4.78 is 6.16. The first-order valence-electron chi connectivity index (χ1n) is 17.2. The Morgan fingerprint density at radius 1 is 0.860 bits per heavy atom. The van der Waals surface area contributed by atoms with Gasteiger partial charge in [0.25, 0.3) is 0 Å². The second kappa shape index (κ2) is 10.3. The summed E-state index contributed by atoms with van der Waals surface area (Å²) in [6, 6.07) is 0. The normalized spacial score (nSPS) is 46.2. The van der Waals surface area contributed by atoms with Crippen molar-refractivity contribution in [3.63, 3.8) is 0 Å². The quantitative estimate of drug-likeness (QED) is 0.225. The van der Waals surface area contributed by atoms with Gasteiger partial charge in [-0.1, -0.05) is 53.7 Å². The van der Waals surface area contributed by atoms with Crippen molar-refractivity contribution in [3.05, 3.63) is 12.2 Å². The van der Waals surface area contributed by atoms with Gasteiger partial charge in [0.15, 0.2) is 0 Å². The van der Waals surface area contributed by atoms with E-state index in [0.29, 0.717) is 30.1 Å². The highest BCUT2D eigenvalue weighted by Gasteiger charge is 2.72. The first-order chi connectivity index (χ1) is 19.8. The van der Waals surface area contributed by atoms with Crippen molar-refractivity contribution >= 4 is 17.9 Å². The highest BCUT2D eigenvalue weighted by molar-refractivity contribution is 5.82. The van der Waals surface area contributed by atoms with Crippen molar-refractivity contribution in [2.75, 3.05) is 0 Å². The van der Waals surface area contributed by atoms with E-state index in [-0.39, 0.29) is 40.1 Å². The van der Waals surface area contributed by atoms with E-state index in [9.17, 15) is 24.6 Å². The Kier molecular flexibility index (Phi) is 7.82. The number of hydrogen-bond donors (Lipinski definition) is 2. The van der Waals surface area contributed by atoms with Crippen LogP contribution in [0.3, 0.4) is 0 Å². The van der Waals surface area contributed by atoms with Gasteiger partial charge < -0.3 is 14.9 Å². The Morgan fingerprint density at radius 2 is 1.53 bits per heavy atom. The van der Waals surface area contributed by atoms with Crippen molar-refractivity contribution < 1.29 is 29.3 Å². The second-order valence-electron chi connectivity index (χ2n) is 17.4. The molecule has 0 amide bonds. The fraction of sp³-hybridized carbons (Fsp3) is 0.865. The maximum absolute atomic E-state index is 13.1. The van der Waals surface area contributed by atoms with Crippen LogP contribution in [-0.2, 0) is 19.1 Å². The molecule has 6 heteroatoms. The number of rotatable bonds is 7. The Bertz CT molecular complexity index is 1190. The van der Waals surface area contributed by atoms with Crippen LogP contribution in [-0.4, -0.2) is 34.2 Å². The molecular weight excluding hydrogens is 540 g/mol. The van der Waals surface area contributed by atoms with Crippen LogP contribution < -0.4 is 0 Å². The summed E-state index contributed by atoms with van der Waals surface area (Å²) >= 11 is 0. The van der Waals surface area contributed by atoms with Gasteiger partial charge in [-0.15, -0.1) is 0 Å². The first-order valence-corrected chi connectivity index (χ1v) is 17.2. The molecule has 0 radical (unpaired) electrons. The Balaban J connectivity index is 1.41. The van der Waals surface area contributed by atoms with E-state index < -0.39 is 28.7 Å². The minimum Gasteiger partial charge on any atom is -0.481 e. The molecule has 0 aromatic heterocycles. The van der Waals surface area contributed by atoms with E-state index in [1.54, 1.807) is 6.92 Å². The summed E-state index contributed by atoms with van der Waals surface area (Å²) in [6.45, 7) is 22.1. The van der Waals surface area contributed by atoms with Gasteiger partial charge in [0.2, 0.25) is 0 Å². The van der Waals surface area contributed by atoms with Crippen molar-refractivity contribution in [2.24, 2.45) is 62.1 Å². The number of carboxylic acid groups (broad SMARTS) is 2. The molecule has 0 bridgehead atoms. The van der Waals surface area contributed by atoms with Gasteiger partial charge in [-0.05, 0) is 130 Å². The Labute approximate surface area is 259 Å². The molecule has 43 heavy (non-hydrogen) atoms. The highest BCUT2D eigenvalue weighted by atomic mass is 16.5. The summed E-state index contributed by atoms with van der Waals surface area (Å²) in [4.78, 5) is 37.9. The third kappa shape index (κ3) is 4.41. The molecule has 5 fully saturated rings. The van der Waals surface area contributed by atoms with Gasteiger partial charge in [-0.2, -0.15) is 0 Å². The Morgan fingerprint density at radius 3 is 2.12 bits per heavy atom. The maximum atomic E-state index is 13.1. The molecule has 11 atom stereocenters. The fourth-order valence-electron chi connectivity index (χ4n) is 12.6. The van der Waals surface area contributed by atoms with Gasteiger partial charge in [0, 0.05) is 5.41 Å². The standard InChI is InChI=1S/C37H58O6/c1-10-33(6,30(39)40)21-28(38)43-27-15-16-34(7)25(32(27,4)5)14-17-36(9)26(34)12-11-24-29-23(22(2)3)13-18-37(29,31(41)42)20-19-35(24,36)8/h23-27,29H,2,10-21H2,1,3-9H3,(H,39,40)(H,41,42)/t23-,24+,25-,26+,27-,29+,33+,34-,35+,36+,37-/m0/s1. The predicted molar refractivity (Wildman–Crippen MR) is 167 cm³/mol. The lowest BCUT2D eigenvalue weighted by atomic mass is 9.32. The molecule has 5 aliphatic carbocycles. The second-order valence-corrected chi connectivity index (χ2v) is 17.4. The molecule has 242 valence electrons. The number of allylic oxidation sites excluding steroid dienone is 1. The van der Waals surface area contributed by atoms with Crippen LogP contribution in [0.4, 0.5) is 0 Å². The summed E-state index contributed by atoms with van der Waals surface area (Å²) in [5.74, 6) is -0.114. The summed E-state index contributed by atoms with van der Waals surface area (Å²) in [6.07, 6.45) is 9.79. The highest BCUT2D eigenvalue weighted by Crippen LogP contribution is 2.77. The lowest BCUT2D eigenvalue weighted by molar-refractivity contribution is -0.250. The van der Waals surface area contributed by atoms with Gasteiger partial charge >= 0.3 is 17.9 Å². The zero-order valence-electron chi connectivity index (χ0n) is 28.2. The lowest BCUT2D eigenvalue weighted by Crippen LogP contribution is -2.67. The van der Waals surface area contributed by atoms with Crippen molar-refractivity contribution in [1.82, 2.24) is 0 Å². The van der Waals surface area contributed by atoms with Gasteiger partial charge in [0.1, 0.15) is 6.10 Å². The molecule has 0 aromatic rings. The summed E-state index contributed by atoms with van der Waals surface area (Å²) in [7, 11) is 0. The summed E-state index contributed by atoms with van der Waals surface area (Å²) in [5, 5.41) is 20.3. The number of carbonyl (C=O) groups excluding carboxylic acids is 1. The van der Waals surface area contributed by atoms with Gasteiger partial charge in [-0.25, -0.2) is 0 Å². The number of aliphatic carboxylic acids is 2. The van der Waals surface area contributed by atoms with Crippen molar-refractivity contribution in [3.8, 4) is 0 Å². The third-order valence-corrected chi connectivity index (χ3v) is 15.5. The van der Waals surface area contributed by atoms with Crippen LogP contribution in [0.25, 0.3) is 0 Å². The monoisotopic (exact) mass is 598 g/mol. The molecule has 0 heterocycles. The topological polar surface area (TPSA) is 101 Å². The third-order valence-electron chi connectivity index (χ3n) is 15.5. The molecule has 5 rings (SSSR count). The minimum atomic E-state index is -1.11. The minimum absolute atomic E-state index is 0.0838. The van der Waals surface area contributed by atoms with E-state index in [1.165, 1.54) is 0 Å². The number of hydrogen-bond acceptors (Lipinski definition) is 4. The van der Waals surface area contributed by atoms with Crippen LogP contribution in [0.5, 0.6) is 0 Å². The molecule has 0 spiro atoms. The number of esters is 1. The zero-order valence-corrected chi connectivity index (χ0v) is 28.2. The SMILES string of the molecule is C=C(C)[C@@H]1CC[C@]2(C(=O)O)CC[C@]3(C)[C@H](CC[C@@H]4[C@@]5(C)CC[C@H](OC(=O)C[C@@](C)(CC)C(=O)O)C(C)(C)[C@@H]5CC[C@]43C)[C@@H]12. The number of fused-ring (bicyclic) bond motifs is 7. The number of carboxylic acids is 2. The number of ether oxygens (including phenoxy) is 1. The van der Waals surface area contributed by atoms with Crippen LogP contribution >= 0.6 is 0 Å². The van der Waals surface area contributed by atoms with E-state index in [4.69, 9.17) is 4.74 Å². The van der Waals surface area contributed by atoms with Crippen molar-refractivity contribution in [2.45, 2.75) is 139 Å². The van der Waals surface area contributed by atoms with Gasteiger partial charge in [0.05, 0.1) is 17.3 Å². The lowest BCUT2D eigenvalue weighted by Gasteiger charge is -2.72. The molecule has 0 saturated heterocycles. The first kappa shape index (κ1) is 32.5. The average molecular weight is 599 g/mol. The molecule has 0 unspecified atom stereocenters. The van der Waals surface area contributed by atoms with E-state index in [1.807, 2.05) is 6.92 Å². The van der Waals surface area contributed by atoms with E-state index >= 15 is 0 Å². The van der Waals surface area contributed by atoms with Crippen LogP contribution in [0.1, 0.15) is 132 Å². The molecule has 5 saturated carbocycles. The Hall–Kier alpha value is -1.85. The fourth-order valence-corrected chi connectivity index (χ4v) is 12.6.